The Hall–Kier alpha value is -2.26. The van der Waals surface area contributed by atoms with E-state index < -0.39 is 16.8 Å². The molecule has 1 rings (SSSR count). The average molecular weight is 346 g/mol. The van der Waals surface area contributed by atoms with E-state index in [1.165, 1.54) is 19.2 Å². The van der Waals surface area contributed by atoms with E-state index >= 15 is 0 Å². The van der Waals surface area contributed by atoms with Crippen molar-refractivity contribution in [2.45, 2.75) is 12.8 Å². The number of hydrogen-bond acceptors (Lipinski definition) is 6. The number of nitrogens with one attached hydrogen (secondary N) is 2. The van der Waals surface area contributed by atoms with Crippen molar-refractivity contribution < 1.29 is 19.2 Å². The van der Waals surface area contributed by atoms with Gasteiger partial charge in [0.15, 0.2) is 5.11 Å². The van der Waals surface area contributed by atoms with Crippen molar-refractivity contribution in [2.75, 3.05) is 12.4 Å². The second kappa shape index (κ2) is 8.25. The third-order valence-corrected chi connectivity index (χ3v) is 2.97. The molecule has 1 aromatic rings. The highest BCUT2D eigenvalue weighted by Gasteiger charge is 2.12. The van der Waals surface area contributed by atoms with Gasteiger partial charge in [0.25, 0.3) is 5.69 Å². The highest BCUT2D eigenvalue weighted by molar-refractivity contribution is 7.80. The first kappa shape index (κ1) is 17.8. The molecule has 8 nitrogen and oxygen atoms in total. The maximum absolute atomic E-state index is 11.5. The fraction of sp³-hybridized carbons (Fsp3) is 0.250. The minimum atomic E-state index is -0.581. The molecule has 0 bridgehead atoms. The van der Waals surface area contributed by atoms with Gasteiger partial charge in [-0.05, 0) is 18.3 Å². The molecular formula is C12H12ClN3O5S. The van der Waals surface area contributed by atoms with E-state index in [0.29, 0.717) is 5.69 Å². The average Bonchev–Trinajstić information content (AvgIpc) is 2.46. The Balaban J connectivity index is 2.56. The molecule has 0 saturated carbocycles. The number of esters is 1. The monoisotopic (exact) mass is 345 g/mol. The zero-order valence-corrected chi connectivity index (χ0v) is 13.0. The Bertz CT molecular complexity index is 623. The van der Waals surface area contributed by atoms with Gasteiger partial charge in [0.2, 0.25) is 5.91 Å². The van der Waals surface area contributed by atoms with Crippen LogP contribution in [0.1, 0.15) is 12.8 Å². The Morgan fingerprint density at radius 2 is 2.09 bits per heavy atom. The third-order valence-electron chi connectivity index (χ3n) is 2.45. The SMILES string of the molecule is COC(=O)CCC(=O)NC(=S)Nc1ccc([N+](=O)[O-])cc1Cl. The number of hydrogen-bond donors (Lipinski definition) is 2. The van der Waals surface area contributed by atoms with Crippen LogP contribution in [0.2, 0.25) is 5.02 Å². The third kappa shape index (κ3) is 5.62. The zero-order valence-electron chi connectivity index (χ0n) is 11.4. The summed E-state index contributed by atoms with van der Waals surface area (Å²) in [5.41, 5.74) is 0.147. The standard InChI is InChI=1S/C12H12ClN3O5S/c1-21-11(18)5-4-10(17)15-12(22)14-9-3-2-7(16(19)20)6-8(9)13/h2-3,6H,4-5H2,1H3,(H2,14,15,17,22). The minimum absolute atomic E-state index is 0.0365. The predicted molar refractivity (Wildman–Crippen MR) is 83.7 cm³/mol. The number of amides is 1. The molecule has 0 heterocycles. The molecule has 0 aromatic heterocycles. The summed E-state index contributed by atoms with van der Waals surface area (Å²) >= 11 is 10.8. The van der Waals surface area contributed by atoms with E-state index in [1.54, 1.807) is 0 Å². The number of benzene rings is 1. The van der Waals surface area contributed by atoms with Crippen LogP contribution >= 0.6 is 23.8 Å². The summed E-state index contributed by atoms with van der Waals surface area (Å²) in [7, 11) is 1.23. The molecule has 0 aliphatic heterocycles. The maximum atomic E-state index is 11.5. The van der Waals surface area contributed by atoms with Gasteiger partial charge in [-0.1, -0.05) is 11.6 Å². The summed E-state index contributed by atoms with van der Waals surface area (Å²) in [5, 5.41) is 15.6. The van der Waals surface area contributed by atoms with Crippen LogP contribution in [0.15, 0.2) is 18.2 Å². The highest BCUT2D eigenvalue weighted by atomic mass is 35.5. The summed E-state index contributed by atoms with van der Waals surface area (Å²) in [6.07, 6.45) is -0.147. The molecule has 2 N–H and O–H groups in total. The molecule has 1 aromatic carbocycles. The van der Waals surface area contributed by atoms with Crippen molar-refractivity contribution in [3.05, 3.63) is 33.3 Å². The van der Waals surface area contributed by atoms with Gasteiger partial charge >= 0.3 is 5.97 Å². The van der Waals surface area contributed by atoms with Crippen LogP contribution in [0, 0.1) is 10.1 Å². The lowest BCUT2D eigenvalue weighted by Gasteiger charge is -2.10. The molecule has 1 amide bonds. The Morgan fingerprint density at radius 3 is 2.64 bits per heavy atom. The summed E-state index contributed by atoms with van der Waals surface area (Å²) < 4.78 is 4.41. The van der Waals surface area contributed by atoms with E-state index in [0.717, 1.165) is 6.07 Å². The van der Waals surface area contributed by atoms with Gasteiger partial charge in [-0.3, -0.25) is 19.7 Å². The Kier molecular flexibility index (Phi) is 6.67. The van der Waals surface area contributed by atoms with Gasteiger partial charge in [-0.2, -0.15) is 0 Å². The summed E-state index contributed by atoms with van der Waals surface area (Å²) in [6.45, 7) is 0. The molecular weight excluding hydrogens is 334 g/mol. The molecule has 22 heavy (non-hydrogen) atoms. The lowest BCUT2D eigenvalue weighted by molar-refractivity contribution is -0.384. The van der Waals surface area contributed by atoms with Gasteiger partial charge in [-0.15, -0.1) is 0 Å². The molecule has 0 spiro atoms. The fourth-order valence-electron chi connectivity index (χ4n) is 1.38. The van der Waals surface area contributed by atoms with Crippen LogP contribution in [0.4, 0.5) is 11.4 Å². The fourth-order valence-corrected chi connectivity index (χ4v) is 1.83. The maximum Gasteiger partial charge on any atom is 0.306 e. The van der Waals surface area contributed by atoms with Crippen molar-refractivity contribution in [3.8, 4) is 0 Å². The van der Waals surface area contributed by atoms with Gasteiger partial charge in [0.05, 0.1) is 29.2 Å². The van der Waals surface area contributed by atoms with Gasteiger partial charge in [0, 0.05) is 18.6 Å². The van der Waals surface area contributed by atoms with Crippen LogP contribution in [0.5, 0.6) is 0 Å². The van der Waals surface area contributed by atoms with Crippen molar-refractivity contribution >= 4 is 52.2 Å². The van der Waals surface area contributed by atoms with Crippen molar-refractivity contribution in [1.29, 1.82) is 0 Å². The molecule has 0 atom stereocenters. The second-order valence-electron chi connectivity index (χ2n) is 4.00. The summed E-state index contributed by atoms with van der Waals surface area (Å²) in [4.78, 5) is 32.4. The smallest absolute Gasteiger partial charge is 0.306 e. The molecule has 0 fully saturated rings. The summed E-state index contributed by atoms with van der Waals surface area (Å²) in [5.74, 6) is -0.978. The lowest BCUT2D eigenvalue weighted by atomic mass is 10.3. The van der Waals surface area contributed by atoms with Crippen LogP contribution < -0.4 is 10.6 Å². The number of nitro groups is 1. The number of halogens is 1. The van der Waals surface area contributed by atoms with Crippen LogP contribution in [0.3, 0.4) is 0 Å². The Labute approximate surface area is 135 Å². The first-order chi connectivity index (χ1) is 10.3. The van der Waals surface area contributed by atoms with Crippen molar-refractivity contribution in [3.63, 3.8) is 0 Å². The molecule has 0 unspecified atom stereocenters. The quantitative estimate of drug-likeness (QED) is 0.363. The van der Waals surface area contributed by atoms with Crippen LogP contribution in [0.25, 0.3) is 0 Å². The van der Waals surface area contributed by atoms with E-state index in [1.807, 2.05) is 0 Å². The Morgan fingerprint density at radius 1 is 1.41 bits per heavy atom. The van der Waals surface area contributed by atoms with Crippen LogP contribution in [-0.2, 0) is 14.3 Å². The first-order valence-electron chi connectivity index (χ1n) is 5.95. The van der Waals surface area contributed by atoms with Gasteiger partial charge < -0.3 is 15.4 Å². The number of nitrogens with zero attached hydrogens (tertiary/aromatic N) is 1. The number of anilines is 1. The predicted octanol–water partition coefficient (Wildman–Crippen LogP) is 2.01. The number of methoxy groups -OCH3 is 1. The highest BCUT2D eigenvalue weighted by Crippen LogP contribution is 2.26. The van der Waals surface area contributed by atoms with E-state index in [9.17, 15) is 19.7 Å². The molecule has 0 radical (unpaired) electrons. The molecule has 0 saturated heterocycles. The minimum Gasteiger partial charge on any atom is -0.469 e. The van der Waals surface area contributed by atoms with Crippen molar-refractivity contribution in [1.82, 2.24) is 5.32 Å². The largest absolute Gasteiger partial charge is 0.469 e. The number of thiocarbonyl (C=S) groups is 1. The van der Waals surface area contributed by atoms with E-state index in [-0.39, 0.29) is 28.7 Å². The second-order valence-corrected chi connectivity index (χ2v) is 4.82. The molecule has 0 aliphatic carbocycles. The number of rotatable bonds is 5. The number of ether oxygens (including phenoxy) is 1. The normalized spacial score (nSPS) is 9.73. The van der Waals surface area contributed by atoms with Crippen LogP contribution in [-0.4, -0.2) is 29.0 Å². The zero-order chi connectivity index (χ0) is 16.7. The van der Waals surface area contributed by atoms with Gasteiger partial charge in [0.1, 0.15) is 0 Å². The lowest BCUT2D eigenvalue weighted by Crippen LogP contribution is -2.34. The number of carbonyl (C=O) groups excluding carboxylic acids is 2. The number of carbonyl (C=O) groups is 2. The molecule has 10 heteroatoms. The van der Waals surface area contributed by atoms with E-state index in [4.69, 9.17) is 23.8 Å². The van der Waals surface area contributed by atoms with E-state index in [2.05, 4.69) is 15.4 Å². The number of nitro benzene ring substituents is 1. The van der Waals surface area contributed by atoms with Crippen molar-refractivity contribution in [2.24, 2.45) is 0 Å². The van der Waals surface area contributed by atoms with Gasteiger partial charge in [-0.25, -0.2) is 0 Å². The molecule has 0 aliphatic rings. The molecule has 118 valence electrons. The topological polar surface area (TPSA) is 111 Å². The number of non-ortho nitro benzene ring substituents is 1. The summed E-state index contributed by atoms with van der Waals surface area (Å²) in [6, 6.07) is 3.77. The first-order valence-corrected chi connectivity index (χ1v) is 6.73.